The largest absolute Gasteiger partial charge is 0.419 e. The SMILES string of the molecule is Nc1ncc(-c2cn3nc(NC4CCC(N)CC4)sc3n2)cc1C(F)(F)F. The van der Waals surface area contributed by atoms with E-state index in [4.69, 9.17) is 11.5 Å². The van der Waals surface area contributed by atoms with Gasteiger partial charge in [-0.25, -0.2) is 14.5 Å². The lowest BCUT2D eigenvalue weighted by atomic mass is 9.92. The topological polar surface area (TPSA) is 107 Å². The maximum atomic E-state index is 13.0. The Hall–Kier alpha value is -2.40. The molecule has 0 bridgehead atoms. The van der Waals surface area contributed by atoms with Crippen LogP contribution < -0.4 is 16.8 Å². The van der Waals surface area contributed by atoms with Gasteiger partial charge < -0.3 is 16.8 Å². The molecule has 5 N–H and O–H groups in total. The summed E-state index contributed by atoms with van der Waals surface area (Å²) in [5.74, 6) is -0.552. The Bertz CT molecular complexity index is 925. The monoisotopic (exact) mass is 397 g/mol. The van der Waals surface area contributed by atoms with E-state index in [1.54, 1.807) is 10.7 Å². The molecule has 0 saturated heterocycles. The number of nitrogens with one attached hydrogen (secondary N) is 1. The van der Waals surface area contributed by atoms with Crippen LogP contribution in [-0.2, 0) is 6.18 Å². The molecule has 0 unspecified atom stereocenters. The smallest absolute Gasteiger partial charge is 0.383 e. The molecule has 0 aliphatic heterocycles. The number of nitrogens with zero attached hydrogens (tertiary/aromatic N) is 4. The molecule has 1 aliphatic rings. The Morgan fingerprint density at radius 3 is 2.63 bits per heavy atom. The van der Waals surface area contributed by atoms with Crippen LogP contribution >= 0.6 is 11.3 Å². The highest BCUT2D eigenvalue weighted by atomic mass is 32.1. The van der Waals surface area contributed by atoms with Crippen molar-refractivity contribution in [1.29, 1.82) is 0 Å². The number of nitrogen functional groups attached to an aromatic ring is 1. The molecule has 3 heterocycles. The van der Waals surface area contributed by atoms with E-state index < -0.39 is 17.6 Å². The van der Waals surface area contributed by atoms with Crippen LogP contribution in [-0.4, -0.2) is 31.7 Å². The maximum absolute atomic E-state index is 13.0. The zero-order valence-electron chi connectivity index (χ0n) is 14.2. The van der Waals surface area contributed by atoms with Crippen molar-refractivity contribution in [3.63, 3.8) is 0 Å². The Morgan fingerprint density at radius 2 is 1.96 bits per heavy atom. The number of hydrogen-bond acceptors (Lipinski definition) is 7. The van der Waals surface area contributed by atoms with Crippen LogP contribution in [0.2, 0.25) is 0 Å². The van der Waals surface area contributed by atoms with Gasteiger partial charge in [-0.15, -0.1) is 5.10 Å². The Labute approximate surface area is 156 Å². The first-order valence-corrected chi connectivity index (χ1v) is 9.32. The van der Waals surface area contributed by atoms with Gasteiger partial charge in [-0.1, -0.05) is 11.3 Å². The standard InChI is InChI=1S/C16H18F3N7S/c17-16(18,19)11-5-8(6-22-13(11)21)12-7-26-15(24-12)27-14(25-26)23-10-3-1-9(20)2-4-10/h5-7,9-10H,1-4,20H2,(H2,21,22)(H,23,25). The number of alkyl halides is 3. The minimum absolute atomic E-state index is 0.241. The summed E-state index contributed by atoms with van der Waals surface area (Å²) >= 11 is 1.35. The second-order valence-corrected chi connectivity index (χ2v) is 7.63. The Balaban J connectivity index is 1.56. The molecule has 3 aromatic heterocycles. The molecule has 3 aromatic rings. The molecular formula is C16H18F3N7S. The number of rotatable bonds is 3. The highest BCUT2D eigenvalue weighted by Crippen LogP contribution is 2.35. The molecule has 0 aromatic carbocycles. The Morgan fingerprint density at radius 1 is 1.22 bits per heavy atom. The second kappa shape index (κ2) is 6.64. The van der Waals surface area contributed by atoms with Crippen LogP contribution in [0.25, 0.3) is 16.2 Å². The molecule has 0 amide bonds. The van der Waals surface area contributed by atoms with Crippen molar-refractivity contribution >= 4 is 27.2 Å². The summed E-state index contributed by atoms with van der Waals surface area (Å²) < 4.78 is 40.6. The van der Waals surface area contributed by atoms with Crippen molar-refractivity contribution < 1.29 is 13.2 Å². The van der Waals surface area contributed by atoms with Crippen molar-refractivity contribution in [2.24, 2.45) is 5.73 Å². The summed E-state index contributed by atoms with van der Waals surface area (Å²) in [5.41, 5.74) is 10.9. The number of nitrogens with two attached hydrogens (primary N) is 2. The highest BCUT2D eigenvalue weighted by molar-refractivity contribution is 7.20. The van der Waals surface area contributed by atoms with Crippen molar-refractivity contribution in [2.45, 2.75) is 43.9 Å². The zero-order valence-corrected chi connectivity index (χ0v) is 15.0. The van der Waals surface area contributed by atoms with Gasteiger partial charge in [-0.2, -0.15) is 13.2 Å². The van der Waals surface area contributed by atoms with E-state index in [9.17, 15) is 13.2 Å². The van der Waals surface area contributed by atoms with Gasteiger partial charge in [-0.3, -0.25) is 0 Å². The number of hydrogen-bond donors (Lipinski definition) is 3. The molecule has 0 atom stereocenters. The minimum atomic E-state index is -4.57. The fraction of sp³-hybridized carbons (Fsp3) is 0.438. The molecule has 1 fully saturated rings. The maximum Gasteiger partial charge on any atom is 0.419 e. The lowest BCUT2D eigenvalue weighted by Gasteiger charge is -2.26. The summed E-state index contributed by atoms with van der Waals surface area (Å²) in [5, 5.41) is 8.54. The molecule has 27 heavy (non-hydrogen) atoms. The fourth-order valence-corrected chi connectivity index (χ4v) is 4.04. The lowest BCUT2D eigenvalue weighted by molar-refractivity contribution is -0.137. The minimum Gasteiger partial charge on any atom is -0.383 e. The van der Waals surface area contributed by atoms with Crippen LogP contribution in [0.5, 0.6) is 0 Å². The quantitative estimate of drug-likeness (QED) is 0.627. The third kappa shape index (κ3) is 3.69. The predicted octanol–water partition coefficient (Wildman–Crippen LogP) is 3.14. The summed E-state index contributed by atoms with van der Waals surface area (Å²) in [6.45, 7) is 0. The summed E-state index contributed by atoms with van der Waals surface area (Å²) in [7, 11) is 0. The molecular weight excluding hydrogens is 379 g/mol. The van der Waals surface area contributed by atoms with Gasteiger partial charge in [0.25, 0.3) is 0 Å². The third-order valence-electron chi connectivity index (χ3n) is 4.66. The van der Waals surface area contributed by atoms with E-state index in [-0.39, 0.29) is 11.6 Å². The number of fused-ring (bicyclic) bond motifs is 1. The van der Waals surface area contributed by atoms with E-state index in [1.807, 2.05) is 0 Å². The molecule has 0 radical (unpaired) electrons. The highest BCUT2D eigenvalue weighted by Gasteiger charge is 2.34. The number of imidazole rings is 1. The number of anilines is 2. The van der Waals surface area contributed by atoms with E-state index in [2.05, 4.69) is 20.4 Å². The fourth-order valence-electron chi connectivity index (χ4n) is 3.18. The molecule has 144 valence electrons. The number of aromatic nitrogens is 4. The van der Waals surface area contributed by atoms with E-state index in [0.29, 0.717) is 16.7 Å². The van der Waals surface area contributed by atoms with Gasteiger partial charge in [0.1, 0.15) is 5.82 Å². The van der Waals surface area contributed by atoms with E-state index in [0.717, 1.165) is 36.9 Å². The second-order valence-electron chi connectivity index (χ2n) is 6.67. The predicted molar refractivity (Wildman–Crippen MR) is 97.4 cm³/mol. The van der Waals surface area contributed by atoms with Crippen LogP contribution in [0.15, 0.2) is 18.5 Å². The third-order valence-corrected chi connectivity index (χ3v) is 5.52. The van der Waals surface area contributed by atoms with Crippen LogP contribution in [0.4, 0.5) is 24.1 Å². The molecule has 1 saturated carbocycles. The van der Waals surface area contributed by atoms with Crippen molar-refractivity contribution in [2.75, 3.05) is 11.1 Å². The molecule has 4 rings (SSSR count). The molecule has 7 nitrogen and oxygen atoms in total. The van der Waals surface area contributed by atoms with Crippen molar-refractivity contribution in [3.05, 3.63) is 24.0 Å². The molecule has 0 spiro atoms. The average molecular weight is 397 g/mol. The first-order chi connectivity index (χ1) is 12.8. The van der Waals surface area contributed by atoms with E-state index >= 15 is 0 Å². The molecule has 1 aliphatic carbocycles. The van der Waals surface area contributed by atoms with Gasteiger partial charge in [0.2, 0.25) is 10.1 Å². The molecule has 11 heteroatoms. The van der Waals surface area contributed by atoms with Gasteiger partial charge in [0.15, 0.2) is 0 Å². The number of pyridine rings is 1. The summed E-state index contributed by atoms with van der Waals surface area (Å²) in [4.78, 5) is 8.61. The first-order valence-electron chi connectivity index (χ1n) is 8.51. The van der Waals surface area contributed by atoms with Crippen LogP contribution in [0, 0.1) is 0 Å². The van der Waals surface area contributed by atoms with Crippen molar-refractivity contribution in [3.8, 4) is 11.3 Å². The van der Waals surface area contributed by atoms with Crippen molar-refractivity contribution in [1.82, 2.24) is 19.6 Å². The van der Waals surface area contributed by atoms with E-state index in [1.165, 1.54) is 17.5 Å². The van der Waals surface area contributed by atoms with Gasteiger partial charge >= 0.3 is 6.18 Å². The van der Waals surface area contributed by atoms with Gasteiger partial charge in [0, 0.05) is 23.8 Å². The summed E-state index contributed by atoms with van der Waals surface area (Å²) in [6.07, 6.45) is 2.24. The lowest BCUT2D eigenvalue weighted by Crippen LogP contribution is -2.32. The Kier molecular flexibility index (Phi) is 4.42. The zero-order chi connectivity index (χ0) is 19.2. The van der Waals surface area contributed by atoms with Gasteiger partial charge in [0.05, 0.1) is 17.5 Å². The average Bonchev–Trinajstić information content (AvgIpc) is 3.15. The number of halogens is 3. The van der Waals surface area contributed by atoms with Crippen LogP contribution in [0.1, 0.15) is 31.2 Å². The summed E-state index contributed by atoms with van der Waals surface area (Å²) in [6, 6.07) is 1.56. The first kappa shape index (κ1) is 18.0. The normalized spacial score (nSPS) is 20.9. The van der Waals surface area contributed by atoms with Crippen LogP contribution in [0.3, 0.4) is 0 Å². The van der Waals surface area contributed by atoms with Gasteiger partial charge in [-0.05, 0) is 31.7 Å².